The maximum absolute atomic E-state index is 13.1. The number of hydrogen-bond donors (Lipinski definition) is 1. The van der Waals surface area contributed by atoms with Gasteiger partial charge in [0.2, 0.25) is 11.8 Å². The summed E-state index contributed by atoms with van der Waals surface area (Å²) in [6.07, 6.45) is -2.74. The highest BCUT2D eigenvalue weighted by Gasteiger charge is 2.33. The van der Waals surface area contributed by atoms with Crippen molar-refractivity contribution in [3.63, 3.8) is 0 Å². The smallest absolute Gasteiger partial charge is 0.418 e. The minimum absolute atomic E-state index is 0.128. The van der Waals surface area contributed by atoms with E-state index in [-0.39, 0.29) is 11.4 Å². The number of alkyl halides is 3. The maximum atomic E-state index is 13.1. The summed E-state index contributed by atoms with van der Waals surface area (Å²) in [6, 6.07) is 4.86. The first-order valence-corrected chi connectivity index (χ1v) is 11.0. The molecule has 0 aliphatic rings. The number of nitrogens with zero attached hydrogens (tertiary/aromatic N) is 5. The number of benzene rings is 1. The molecule has 3 aromatic rings. The van der Waals surface area contributed by atoms with E-state index in [2.05, 4.69) is 20.6 Å². The van der Waals surface area contributed by atoms with Crippen LogP contribution < -0.4 is 10.1 Å². The number of aryl methyl sites for hydroxylation is 1. The minimum atomic E-state index is -4.56. The van der Waals surface area contributed by atoms with Crippen LogP contribution in [0, 0.1) is 0 Å². The lowest BCUT2D eigenvalue weighted by molar-refractivity contribution is -0.137. The quantitative estimate of drug-likeness (QED) is 0.471. The minimum Gasteiger partial charge on any atom is -0.476 e. The topological polar surface area (TPSA) is 86.9 Å². The summed E-state index contributed by atoms with van der Waals surface area (Å²) in [6.45, 7) is 7.33. The number of para-hydroxylation sites is 1. The van der Waals surface area contributed by atoms with Crippen LogP contribution in [0.2, 0.25) is 0 Å². The molecule has 2 aromatic heterocycles. The predicted molar refractivity (Wildman–Crippen MR) is 115 cm³/mol. The second-order valence-electron chi connectivity index (χ2n) is 6.57. The highest BCUT2D eigenvalue weighted by Crippen LogP contribution is 2.35. The Labute approximate surface area is 187 Å². The van der Waals surface area contributed by atoms with Gasteiger partial charge in [0, 0.05) is 19.3 Å². The average molecular weight is 469 g/mol. The van der Waals surface area contributed by atoms with Crippen molar-refractivity contribution in [2.45, 2.75) is 45.2 Å². The first kappa shape index (κ1) is 23.6. The Balaban J connectivity index is 1.76. The lowest BCUT2D eigenvalue weighted by atomic mass is 10.1. The molecule has 12 heteroatoms. The van der Waals surface area contributed by atoms with Crippen LogP contribution in [-0.4, -0.2) is 42.8 Å². The molecule has 172 valence electrons. The molecule has 8 nitrogen and oxygen atoms in total. The Morgan fingerprint density at radius 3 is 2.56 bits per heavy atom. The summed E-state index contributed by atoms with van der Waals surface area (Å²) < 4.78 is 48.5. The molecule has 3 rings (SSSR count). The molecule has 2 heterocycles. The Morgan fingerprint density at radius 2 is 1.91 bits per heavy atom. The fraction of sp³-hybridized carbons (Fsp3) is 0.400. The molecular weight excluding hydrogens is 445 g/mol. The van der Waals surface area contributed by atoms with Gasteiger partial charge in [-0.3, -0.25) is 9.48 Å². The number of rotatable bonds is 9. The number of amides is 1. The van der Waals surface area contributed by atoms with Crippen LogP contribution in [0.4, 0.5) is 18.9 Å². The normalized spacial score (nSPS) is 11.6. The molecule has 0 unspecified atom stereocenters. The molecule has 1 amide bonds. The van der Waals surface area contributed by atoms with Crippen LogP contribution in [0.25, 0.3) is 11.4 Å². The van der Waals surface area contributed by atoms with Gasteiger partial charge in [-0.25, -0.2) is 0 Å². The van der Waals surface area contributed by atoms with Gasteiger partial charge < -0.3 is 14.6 Å². The van der Waals surface area contributed by atoms with E-state index >= 15 is 0 Å². The summed E-state index contributed by atoms with van der Waals surface area (Å²) >= 11 is 1.09. The van der Waals surface area contributed by atoms with Crippen molar-refractivity contribution in [2.75, 3.05) is 17.7 Å². The van der Waals surface area contributed by atoms with Crippen LogP contribution in [-0.2, 0) is 24.1 Å². The highest BCUT2D eigenvalue weighted by atomic mass is 32.2. The molecule has 1 aromatic carbocycles. The number of aromatic nitrogens is 5. The SMILES string of the molecule is CCOc1nn(CC)cc1-c1nnc(SCC(=O)Nc2ccccc2C(F)(F)F)n1CC. The molecule has 0 bridgehead atoms. The number of ether oxygens (including phenoxy) is 1. The number of carbonyl (C=O) groups is 1. The zero-order valence-corrected chi connectivity index (χ0v) is 18.6. The van der Waals surface area contributed by atoms with Crippen molar-refractivity contribution < 1.29 is 22.7 Å². The molecule has 0 fully saturated rings. The van der Waals surface area contributed by atoms with Gasteiger partial charge >= 0.3 is 6.18 Å². The summed E-state index contributed by atoms with van der Waals surface area (Å²) in [5.74, 6) is 0.278. The van der Waals surface area contributed by atoms with Crippen LogP contribution in [0.15, 0.2) is 35.6 Å². The summed E-state index contributed by atoms with van der Waals surface area (Å²) in [4.78, 5) is 12.3. The zero-order valence-electron chi connectivity index (χ0n) is 17.8. The van der Waals surface area contributed by atoms with Gasteiger partial charge in [-0.05, 0) is 32.9 Å². The largest absolute Gasteiger partial charge is 0.476 e. The Morgan fingerprint density at radius 1 is 1.16 bits per heavy atom. The summed E-state index contributed by atoms with van der Waals surface area (Å²) in [5, 5.41) is 15.6. The van der Waals surface area contributed by atoms with Crippen molar-refractivity contribution in [3.05, 3.63) is 36.0 Å². The van der Waals surface area contributed by atoms with Crippen LogP contribution in [0.1, 0.15) is 26.3 Å². The third-order valence-electron chi connectivity index (χ3n) is 4.45. The number of anilines is 1. The van der Waals surface area contributed by atoms with Crippen LogP contribution in [0.5, 0.6) is 5.88 Å². The van der Waals surface area contributed by atoms with Crippen molar-refractivity contribution >= 4 is 23.4 Å². The molecule has 0 aliphatic heterocycles. The Bertz CT molecular complexity index is 1080. The first-order chi connectivity index (χ1) is 15.3. The van der Waals surface area contributed by atoms with Crippen molar-refractivity contribution in [2.24, 2.45) is 0 Å². The van der Waals surface area contributed by atoms with E-state index in [0.717, 1.165) is 17.8 Å². The maximum Gasteiger partial charge on any atom is 0.418 e. The number of carbonyl (C=O) groups excluding carboxylic acids is 1. The lowest BCUT2D eigenvalue weighted by Gasteiger charge is -2.13. The fourth-order valence-corrected chi connectivity index (χ4v) is 3.80. The standard InChI is InChI=1S/C20H23F3N6O2S/c1-4-28-11-13(18(27-28)31-6-3)17-25-26-19(29(17)5-2)32-12-16(30)24-15-10-8-7-9-14(15)20(21,22)23/h7-11H,4-6,12H2,1-3H3,(H,24,30). The molecule has 0 saturated heterocycles. The van der Waals surface area contributed by atoms with Crippen molar-refractivity contribution in [3.8, 4) is 17.3 Å². The Kier molecular flexibility index (Phi) is 7.44. The van der Waals surface area contributed by atoms with E-state index < -0.39 is 17.6 Å². The number of thioether (sulfide) groups is 1. The van der Waals surface area contributed by atoms with Gasteiger partial charge in [-0.2, -0.15) is 13.2 Å². The predicted octanol–water partition coefficient (Wildman–Crippen LogP) is 4.33. The first-order valence-electron chi connectivity index (χ1n) is 10.0. The number of hydrogen-bond acceptors (Lipinski definition) is 6. The van der Waals surface area contributed by atoms with E-state index in [1.165, 1.54) is 18.2 Å². The third-order valence-corrected chi connectivity index (χ3v) is 5.41. The highest BCUT2D eigenvalue weighted by molar-refractivity contribution is 7.99. The molecule has 0 saturated carbocycles. The third kappa shape index (κ3) is 5.23. The molecule has 0 aliphatic carbocycles. The lowest BCUT2D eigenvalue weighted by Crippen LogP contribution is -2.18. The summed E-state index contributed by atoms with van der Waals surface area (Å²) in [7, 11) is 0. The van der Waals surface area contributed by atoms with E-state index in [0.29, 0.717) is 42.1 Å². The average Bonchev–Trinajstić information content (AvgIpc) is 3.35. The number of nitrogens with one attached hydrogen (secondary N) is 1. The molecule has 0 atom stereocenters. The van der Waals surface area contributed by atoms with Gasteiger partial charge in [0.15, 0.2) is 11.0 Å². The second kappa shape index (κ2) is 10.1. The van der Waals surface area contributed by atoms with Gasteiger partial charge in [0.1, 0.15) is 5.56 Å². The van der Waals surface area contributed by atoms with Gasteiger partial charge in [0.25, 0.3) is 0 Å². The van der Waals surface area contributed by atoms with Gasteiger partial charge in [-0.15, -0.1) is 15.3 Å². The monoisotopic (exact) mass is 468 g/mol. The molecule has 0 spiro atoms. The van der Waals surface area contributed by atoms with E-state index in [4.69, 9.17) is 4.74 Å². The van der Waals surface area contributed by atoms with Crippen LogP contribution in [0.3, 0.4) is 0 Å². The zero-order chi connectivity index (χ0) is 23.3. The van der Waals surface area contributed by atoms with Gasteiger partial charge in [-0.1, -0.05) is 23.9 Å². The second-order valence-corrected chi connectivity index (χ2v) is 7.51. The van der Waals surface area contributed by atoms with E-state index in [1.54, 1.807) is 9.25 Å². The molecule has 32 heavy (non-hydrogen) atoms. The Hall–Kier alpha value is -3.02. The molecule has 0 radical (unpaired) electrons. The van der Waals surface area contributed by atoms with Crippen molar-refractivity contribution in [1.82, 2.24) is 24.5 Å². The number of halogens is 3. The van der Waals surface area contributed by atoms with Gasteiger partial charge in [0.05, 0.1) is 23.6 Å². The summed E-state index contributed by atoms with van der Waals surface area (Å²) in [5.41, 5.74) is -0.496. The van der Waals surface area contributed by atoms with E-state index in [1.807, 2.05) is 27.0 Å². The molecular formula is C20H23F3N6O2S. The van der Waals surface area contributed by atoms with Crippen LogP contribution >= 0.6 is 11.8 Å². The van der Waals surface area contributed by atoms with Crippen molar-refractivity contribution in [1.29, 1.82) is 0 Å². The fourth-order valence-electron chi connectivity index (χ4n) is 3.00. The molecule has 1 N–H and O–H groups in total. The van der Waals surface area contributed by atoms with E-state index in [9.17, 15) is 18.0 Å².